The van der Waals surface area contributed by atoms with E-state index in [0.717, 1.165) is 30.7 Å². The zero-order valence-electron chi connectivity index (χ0n) is 14.0. The fraction of sp³-hybridized carbons (Fsp3) is 0.444. The van der Waals surface area contributed by atoms with E-state index in [2.05, 4.69) is 5.16 Å². The third-order valence-corrected chi connectivity index (χ3v) is 4.83. The van der Waals surface area contributed by atoms with Crippen LogP contribution >= 0.6 is 0 Å². The summed E-state index contributed by atoms with van der Waals surface area (Å²) in [6.07, 6.45) is -2.23. The van der Waals surface area contributed by atoms with Crippen molar-refractivity contribution < 1.29 is 22.5 Å². The molecule has 2 aromatic rings. The number of nitrogens with zero attached hydrogens (tertiary/aromatic N) is 3. The van der Waals surface area contributed by atoms with E-state index in [9.17, 15) is 18.0 Å². The van der Waals surface area contributed by atoms with E-state index in [4.69, 9.17) is 4.52 Å². The highest BCUT2D eigenvalue weighted by Crippen LogP contribution is 2.40. The van der Waals surface area contributed by atoms with E-state index in [0.29, 0.717) is 43.5 Å². The summed E-state index contributed by atoms with van der Waals surface area (Å²) in [6, 6.07) is 6.98. The maximum atomic E-state index is 12.9. The minimum absolute atomic E-state index is 0.190. The van der Waals surface area contributed by atoms with Crippen molar-refractivity contribution in [3.63, 3.8) is 0 Å². The SMILES string of the molecule is O=C(c1cc(C2CC2)on1)N1CCN(c2cccc(C(F)(F)F)c2)CC1. The summed E-state index contributed by atoms with van der Waals surface area (Å²) in [5.41, 5.74) is 0.160. The molecule has 1 aliphatic carbocycles. The number of anilines is 1. The Bertz CT molecular complexity index is 806. The predicted molar refractivity (Wildman–Crippen MR) is 88.0 cm³/mol. The molecule has 26 heavy (non-hydrogen) atoms. The third kappa shape index (κ3) is 3.40. The second-order valence-electron chi connectivity index (χ2n) is 6.72. The summed E-state index contributed by atoms with van der Waals surface area (Å²) < 4.78 is 43.8. The first-order chi connectivity index (χ1) is 12.4. The highest BCUT2D eigenvalue weighted by molar-refractivity contribution is 5.92. The van der Waals surface area contributed by atoms with Crippen LogP contribution in [0.1, 0.15) is 40.6 Å². The maximum Gasteiger partial charge on any atom is 0.416 e. The van der Waals surface area contributed by atoms with Crippen molar-refractivity contribution in [3.05, 3.63) is 47.3 Å². The lowest BCUT2D eigenvalue weighted by Gasteiger charge is -2.36. The topological polar surface area (TPSA) is 49.6 Å². The van der Waals surface area contributed by atoms with Gasteiger partial charge in [-0.15, -0.1) is 0 Å². The van der Waals surface area contributed by atoms with Gasteiger partial charge in [-0.2, -0.15) is 13.2 Å². The second-order valence-corrected chi connectivity index (χ2v) is 6.72. The lowest BCUT2D eigenvalue weighted by Crippen LogP contribution is -2.48. The van der Waals surface area contributed by atoms with Gasteiger partial charge in [-0.1, -0.05) is 11.2 Å². The van der Waals surface area contributed by atoms with Gasteiger partial charge >= 0.3 is 6.18 Å². The highest BCUT2D eigenvalue weighted by Gasteiger charge is 2.32. The molecule has 0 N–H and O–H groups in total. The number of carbonyl (C=O) groups excluding carboxylic acids is 1. The van der Waals surface area contributed by atoms with Gasteiger partial charge in [0, 0.05) is 43.9 Å². The van der Waals surface area contributed by atoms with Crippen LogP contribution in [0.15, 0.2) is 34.9 Å². The average Bonchev–Trinajstić information content (AvgIpc) is 3.38. The molecule has 0 atom stereocenters. The van der Waals surface area contributed by atoms with Gasteiger partial charge in [-0.05, 0) is 31.0 Å². The van der Waals surface area contributed by atoms with Crippen LogP contribution in [0, 0.1) is 0 Å². The Morgan fingerprint density at radius 2 is 1.85 bits per heavy atom. The number of alkyl halides is 3. The summed E-state index contributed by atoms with van der Waals surface area (Å²) in [5.74, 6) is 0.960. The van der Waals surface area contributed by atoms with Gasteiger partial charge in [0.05, 0.1) is 5.56 Å². The zero-order chi connectivity index (χ0) is 18.3. The van der Waals surface area contributed by atoms with E-state index in [1.54, 1.807) is 17.0 Å². The zero-order valence-corrected chi connectivity index (χ0v) is 14.0. The first kappa shape index (κ1) is 16.9. The minimum atomic E-state index is -4.36. The van der Waals surface area contributed by atoms with Crippen molar-refractivity contribution in [1.82, 2.24) is 10.1 Å². The summed E-state index contributed by atoms with van der Waals surface area (Å²) in [4.78, 5) is 16.0. The van der Waals surface area contributed by atoms with Crippen LogP contribution in [0.3, 0.4) is 0 Å². The number of hydrogen-bond acceptors (Lipinski definition) is 4. The Morgan fingerprint density at radius 1 is 1.12 bits per heavy atom. The van der Waals surface area contributed by atoms with Crippen molar-refractivity contribution in [2.75, 3.05) is 31.1 Å². The average molecular weight is 365 g/mol. The Balaban J connectivity index is 1.40. The largest absolute Gasteiger partial charge is 0.416 e. The van der Waals surface area contributed by atoms with Crippen LogP contribution in [0.4, 0.5) is 18.9 Å². The molecule has 2 fully saturated rings. The number of carbonyl (C=O) groups is 1. The van der Waals surface area contributed by atoms with Crippen molar-refractivity contribution in [1.29, 1.82) is 0 Å². The molecule has 2 heterocycles. The standard InChI is InChI=1S/C18H18F3N3O2/c19-18(20,21)13-2-1-3-14(10-13)23-6-8-24(9-7-23)17(25)15-11-16(26-22-15)12-4-5-12/h1-3,10-12H,4-9H2. The van der Waals surface area contributed by atoms with E-state index < -0.39 is 11.7 Å². The molecule has 1 aromatic heterocycles. The Labute approximate surface area is 148 Å². The molecule has 0 radical (unpaired) electrons. The lowest BCUT2D eigenvalue weighted by molar-refractivity contribution is -0.137. The highest BCUT2D eigenvalue weighted by atomic mass is 19.4. The normalized spacial score (nSPS) is 18.3. The van der Waals surface area contributed by atoms with Crippen molar-refractivity contribution >= 4 is 11.6 Å². The number of aromatic nitrogens is 1. The van der Waals surface area contributed by atoms with Crippen LogP contribution in [0.5, 0.6) is 0 Å². The fourth-order valence-corrected chi connectivity index (χ4v) is 3.16. The molecule has 138 valence electrons. The van der Waals surface area contributed by atoms with Gasteiger partial charge in [0.25, 0.3) is 5.91 Å². The number of amides is 1. The molecular formula is C18H18F3N3O2. The minimum Gasteiger partial charge on any atom is -0.368 e. The monoisotopic (exact) mass is 365 g/mol. The molecule has 5 nitrogen and oxygen atoms in total. The van der Waals surface area contributed by atoms with E-state index >= 15 is 0 Å². The summed E-state index contributed by atoms with van der Waals surface area (Å²) >= 11 is 0. The lowest BCUT2D eigenvalue weighted by atomic mass is 10.1. The second kappa shape index (κ2) is 6.34. The molecule has 2 aliphatic rings. The van der Waals surface area contributed by atoms with Crippen LogP contribution in [0.25, 0.3) is 0 Å². The number of benzene rings is 1. The molecule has 0 bridgehead atoms. The molecule has 1 aromatic carbocycles. The van der Waals surface area contributed by atoms with Gasteiger partial charge < -0.3 is 14.3 Å². The number of piperazine rings is 1. The van der Waals surface area contributed by atoms with Crippen LogP contribution in [0.2, 0.25) is 0 Å². The molecule has 4 rings (SSSR count). The fourth-order valence-electron chi connectivity index (χ4n) is 3.16. The third-order valence-electron chi connectivity index (χ3n) is 4.83. The molecular weight excluding hydrogens is 347 g/mol. The van der Waals surface area contributed by atoms with Gasteiger partial charge in [0.15, 0.2) is 5.69 Å². The molecule has 1 aliphatic heterocycles. The molecule has 1 saturated carbocycles. The predicted octanol–water partition coefficient (Wildman–Crippen LogP) is 3.53. The van der Waals surface area contributed by atoms with Gasteiger partial charge in [-0.3, -0.25) is 4.79 Å². The molecule has 0 unspecified atom stereocenters. The first-order valence-corrected chi connectivity index (χ1v) is 8.60. The van der Waals surface area contributed by atoms with Crippen LogP contribution in [-0.4, -0.2) is 42.1 Å². The van der Waals surface area contributed by atoms with Crippen LogP contribution < -0.4 is 4.90 Å². The summed E-state index contributed by atoms with van der Waals surface area (Å²) in [5, 5.41) is 3.86. The smallest absolute Gasteiger partial charge is 0.368 e. The maximum absolute atomic E-state index is 12.9. The molecule has 8 heteroatoms. The van der Waals surface area contributed by atoms with Crippen molar-refractivity contribution in [2.24, 2.45) is 0 Å². The Hall–Kier alpha value is -2.51. The number of rotatable bonds is 3. The summed E-state index contributed by atoms with van der Waals surface area (Å²) in [7, 11) is 0. The van der Waals surface area contributed by atoms with Crippen LogP contribution in [-0.2, 0) is 6.18 Å². The Morgan fingerprint density at radius 3 is 2.50 bits per heavy atom. The van der Waals surface area contributed by atoms with Crippen molar-refractivity contribution in [3.8, 4) is 0 Å². The van der Waals surface area contributed by atoms with Gasteiger partial charge in [0.2, 0.25) is 0 Å². The quantitative estimate of drug-likeness (QED) is 0.835. The van der Waals surface area contributed by atoms with Crippen molar-refractivity contribution in [2.45, 2.75) is 24.9 Å². The molecule has 1 amide bonds. The summed E-state index contributed by atoms with van der Waals surface area (Å²) in [6.45, 7) is 1.81. The molecule has 0 spiro atoms. The van der Waals surface area contributed by atoms with Gasteiger partial charge in [-0.25, -0.2) is 0 Å². The number of halogens is 3. The number of hydrogen-bond donors (Lipinski definition) is 0. The van der Waals surface area contributed by atoms with E-state index in [1.165, 1.54) is 6.07 Å². The first-order valence-electron chi connectivity index (χ1n) is 8.60. The van der Waals surface area contributed by atoms with E-state index in [-0.39, 0.29) is 5.91 Å². The van der Waals surface area contributed by atoms with E-state index in [1.807, 2.05) is 4.90 Å². The Kier molecular flexibility index (Phi) is 4.13. The molecule has 1 saturated heterocycles. The van der Waals surface area contributed by atoms with Gasteiger partial charge in [0.1, 0.15) is 5.76 Å².